The topological polar surface area (TPSA) is 112 Å². The number of aliphatic hydroxyl groups excluding tert-OH is 1. The molecule has 0 spiro atoms. The third kappa shape index (κ3) is 15.8. The maximum atomic E-state index is 12.0. The molecule has 0 aromatic heterocycles. The zero-order valence-electron chi connectivity index (χ0n) is 15.1. The first kappa shape index (κ1) is 29.0. The van der Waals surface area contributed by atoms with Crippen molar-refractivity contribution in [1.29, 1.82) is 0 Å². The Kier molecular flexibility index (Phi) is 18.6. The molecule has 0 fully saturated rings. The summed E-state index contributed by atoms with van der Waals surface area (Å²) in [7, 11) is -4.61. The molecule has 0 amide bonds. The molecule has 0 saturated heterocycles. The van der Waals surface area contributed by atoms with Crippen molar-refractivity contribution in [3.63, 3.8) is 0 Å². The van der Waals surface area contributed by atoms with E-state index in [9.17, 15) is 19.3 Å². The van der Waals surface area contributed by atoms with Crippen LogP contribution in [0.3, 0.4) is 0 Å². The van der Waals surface area contributed by atoms with Gasteiger partial charge in [0.1, 0.15) is 0 Å². The molecule has 2 atom stereocenters. The summed E-state index contributed by atoms with van der Waals surface area (Å²) in [5, 5.41) is 9.11. The zero-order chi connectivity index (χ0) is 19.3. The molecule has 2 unspecified atom stereocenters. The summed E-state index contributed by atoms with van der Waals surface area (Å²) in [6.07, 6.45) is 6.21. The van der Waals surface area contributed by atoms with Crippen LogP contribution in [0.2, 0.25) is 0 Å². The van der Waals surface area contributed by atoms with Crippen LogP contribution in [-0.4, -0.2) is 60.8 Å². The van der Waals surface area contributed by atoms with Crippen molar-refractivity contribution in [3.8, 4) is 0 Å². The molecule has 26 heavy (non-hydrogen) atoms. The van der Waals surface area contributed by atoms with Crippen LogP contribution in [0.15, 0.2) is 0 Å². The van der Waals surface area contributed by atoms with Crippen molar-refractivity contribution in [2.45, 2.75) is 82.7 Å². The molecule has 3 N–H and O–H groups in total. The number of aliphatic hydroxyl groups is 1. The molecule has 0 aliphatic heterocycles. The first-order valence-corrected chi connectivity index (χ1v) is 12.3. The van der Waals surface area contributed by atoms with E-state index in [1.807, 2.05) is 6.92 Å². The van der Waals surface area contributed by atoms with E-state index in [4.69, 9.17) is 9.79 Å². The maximum absolute atomic E-state index is 12.0. The number of carbonyl (C=O) groups excluding carboxylic acids is 2. The standard InChI is InChI=1S/C16H31O6PS2.Li.H/c1-3-5-7-9-15(18)24-12-13(11-14(17)23(20,21)22)25-16(19)10-8-6-4-2;;/h13-14,17H,3-12H2,1-2H3,(H2,20,21,22);;. The Morgan fingerprint density at radius 3 is 1.92 bits per heavy atom. The quantitative estimate of drug-likeness (QED) is 0.222. The van der Waals surface area contributed by atoms with Gasteiger partial charge in [0.05, 0.1) is 0 Å². The molecular formula is C16H32LiO6PS2. The molecule has 0 aliphatic carbocycles. The predicted molar refractivity (Wildman–Crippen MR) is 112 cm³/mol. The summed E-state index contributed by atoms with van der Waals surface area (Å²) in [4.78, 5) is 42.0. The second-order valence-corrected chi connectivity index (χ2v) is 10.2. The molecule has 6 nitrogen and oxygen atoms in total. The molecular weight excluding hydrogens is 390 g/mol. The molecule has 0 heterocycles. The fourth-order valence-electron chi connectivity index (χ4n) is 2.06. The van der Waals surface area contributed by atoms with E-state index in [2.05, 4.69) is 6.92 Å². The van der Waals surface area contributed by atoms with Crippen molar-refractivity contribution < 1.29 is 29.0 Å². The average molecular weight is 422 g/mol. The summed E-state index contributed by atoms with van der Waals surface area (Å²) >= 11 is 2.08. The van der Waals surface area contributed by atoms with Gasteiger partial charge < -0.3 is 14.9 Å². The summed E-state index contributed by atoms with van der Waals surface area (Å²) in [5.74, 6) is -1.53. The van der Waals surface area contributed by atoms with E-state index < -0.39 is 18.7 Å². The fourth-order valence-corrected chi connectivity index (χ4v) is 4.92. The SMILES string of the molecule is CCCCCC(=O)SCC(CC(O)P(=O)(O)O)SC(=O)CCCCC.[LiH]. The Morgan fingerprint density at radius 1 is 0.962 bits per heavy atom. The molecule has 0 saturated carbocycles. The second-order valence-electron chi connectivity index (χ2n) is 6.01. The van der Waals surface area contributed by atoms with E-state index in [1.54, 1.807) is 0 Å². The van der Waals surface area contributed by atoms with Gasteiger partial charge in [-0.3, -0.25) is 14.2 Å². The molecule has 0 radical (unpaired) electrons. The minimum absolute atomic E-state index is 0. The normalized spacial score (nSPS) is 13.7. The number of unbranched alkanes of at least 4 members (excludes halogenated alkanes) is 4. The summed E-state index contributed by atoms with van der Waals surface area (Å²) < 4.78 is 11.2. The number of carbonyl (C=O) groups is 2. The number of hydrogen-bond acceptors (Lipinski definition) is 6. The van der Waals surface area contributed by atoms with Crippen LogP contribution >= 0.6 is 31.1 Å². The Hall–Kier alpha value is 0.747. The summed E-state index contributed by atoms with van der Waals surface area (Å²) in [6, 6.07) is 0. The van der Waals surface area contributed by atoms with Crippen molar-refractivity contribution in [2.75, 3.05) is 5.75 Å². The molecule has 150 valence electrons. The van der Waals surface area contributed by atoms with Gasteiger partial charge in [0.15, 0.2) is 16.1 Å². The Labute approximate surface area is 177 Å². The second kappa shape index (κ2) is 16.7. The van der Waals surface area contributed by atoms with Gasteiger partial charge in [0.2, 0.25) is 0 Å². The van der Waals surface area contributed by atoms with E-state index >= 15 is 0 Å². The van der Waals surface area contributed by atoms with Crippen LogP contribution in [-0.2, 0) is 14.2 Å². The van der Waals surface area contributed by atoms with Crippen molar-refractivity contribution >= 4 is 60.2 Å². The predicted octanol–water partition coefficient (Wildman–Crippen LogP) is 3.27. The Morgan fingerprint density at radius 2 is 1.46 bits per heavy atom. The van der Waals surface area contributed by atoms with Crippen molar-refractivity contribution in [3.05, 3.63) is 0 Å². The van der Waals surface area contributed by atoms with E-state index in [0.717, 1.165) is 62.0 Å². The van der Waals surface area contributed by atoms with Gasteiger partial charge in [0.25, 0.3) is 0 Å². The number of thioether (sulfide) groups is 2. The minimum atomic E-state index is -4.61. The number of rotatable bonds is 14. The average Bonchev–Trinajstić information content (AvgIpc) is 2.52. The summed E-state index contributed by atoms with van der Waals surface area (Å²) in [6.45, 7) is 4.09. The van der Waals surface area contributed by atoms with Crippen LogP contribution < -0.4 is 0 Å². The van der Waals surface area contributed by atoms with E-state index in [0.29, 0.717) is 12.8 Å². The van der Waals surface area contributed by atoms with E-state index in [-0.39, 0.29) is 41.3 Å². The van der Waals surface area contributed by atoms with Crippen molar-refractivity contribution in [2.24, 2.45) is 0 Å². The van der Waals surface area contributed by atoms with Crippen molar-refractivity contribution in [1.82, 2.24) is 0 Å². The van der Waals surface area contributed by atoms with Gasteiger partial charge >= 0.3 is 26.5 Å². The van der Waals surface area contributed by atoms with Gasteiger partial charge in [-0.15, -0.1) is 0 Å². The van der Waals surface area contributed by atoms with Gasteiger partial charge in [-0.2, -0.15) is 0 Å². The molecule has 0 aromatic carbocycles. The monoisotopic (exact) mass is 422 g/mol. The molecule has 10 heteroatoms. The van der Waals surface area contributed by atoms with Crippen LogP contribution in [0, 0.1) is 0 Å². The van der Waals surface area contributed by atoms with Crippen LogP contribution in [0.25, 0.3) is 0 Å². The van der Waals surface area contributed by atoms with Crippen LogP contribution in [0.1, 0.15) is 71.6 Å². The zero-order valence-corrected chi connectivity index (χ0v) is 17.6. The number of hydrogen-bond donors (Lipinski definition) is 3. The molecule has 0 bridgehead atoms. The molecule has 0 rings (SSSR count). The third-order valence-electron chi connectivity index (χ3n) is 3.56. The first-order chi connectivity index (χ1) is 11.7. The molecule has 0 aliphatic rings. The van der Waals surface area contributed by atoms with Crippen LogP contribution in [0.4, 0.5) is 0 Å². The summed E-state index contributed by atoms with van der Waals surface area (Å²) in [5.41, 5.74) is 0. The molecule has 0 aromatic rings. The van der Waals surface area contributed by atoms with E-state index in [1.165, 1.54) is 0 Å². The Bertz CT molecular complexity index is 446. The fraction of sp³-hybridized carbons (Fsp3) is 0.875. The van der Waals surface area contributed by atoms with Gasteiger partial charge in [-0.25, -0.2) is 0 Å². The Balaban J connectivity index is 0. The third-order valence-corrected chi connectivity index (χ3v) is 7.01. The van der Waals surface area contributed by atoms with Gasteiger partial charge in [-0.05, 0) is 19.3 Å². The van der Waals surface area contributed by atoms with Gasteiger partial charge in [-0.1, -0.05) is 63.1 Å². The first-order valence-electron chi connectivity index (χ1n) is 8.79. The van der Waals surface area contributed by atoms with Crippen LogP contribution in [0.5, 0.6) is 0 Å². The van der Waals surface area contributed by atoms with Gasteiger partial charge in [0, 0.05) is 23.8 Å².